The van der Waals surface area contributed by atoms with Gasteiger partial charge in [0.05, 0.1) is 0 Å². The minimum Gasteiger partial charge on any atom is -0.298 e. The summed E-state index contributed by atoms with van der Waals surface area (Å²) in [5.74, 6) is 0.457. The van der Waals surface area contributed by atoms with Gasteiger partial charge in [-0.2, -0.15) is 0 Å². The molecule has 0 saturated heterocycles. The minimum atomic E-state index is -0.185. The van der Waals surface area contributed by atoms with Crippen molar-refractivity contribution in [3.05, 3.63) is 11.6 Å². The van der Waals surface area contributed by atoms with E-state index in [9.17, 15) is 4.79 Å². The van der Waals surface area contributed by atoms with Crippen molar-refractivity contribution in [2.75, 3.05) is 0 Å². The SMILES string of the molecule is CC(C)=CCC1(C(=O)C(C)(C)C)CCC1. The third kappa shape index (κ3) is 2.70. The number of Topliss-reactive ketones (excluding diaryl/α,β-unsaturated/α-hetero) is 1. The Morgan fingerprint density at radius 2 is 1.80 bits per heavy atom. The molecule has 0 spiro atoms. The number of ketones is 1. The molecule has 0 unspecified atom stereocenters. The van der Waals surface area contributed by atoms with Gasteiger partial charge in [-0.25, -0.2) is 0 Å². The minimum absolute atomic E-state index is 0.0183. The van der Waals surface area contributed by atoms with Gasteiger partial charge in [0.15, 0.2) is 0 Å². The van der Waals surface area contributed by atoms with Gasteiger partial charge in [-0.15, -0.1) is 0 Å². The molecule has 15 heavy (non-hydrogen) atoms. The molecule has 0 aromatic carbocycles. The second-order valence-corrected chi connectivity index (χ2v) is 6.20. The maximum atomic E-state index is 12.4. The van der Waals surface area contributed by atoms with Crippen LogP contribution in [0.3, 0.4) is 0 Å². The maximum absolute atomic E-state index is 12.4. The molecule has 1 nitrogen and oxygen atoms in total. The molecule has 0 amide bonds. The van der Waals surface area contributed by atoms with E-state index < -0.39 is 0 Å². The molecule has 0 heterocycles. The first-order chi connectivity index (χ1) is 6.78. The van der Waals surface area contributed by atoms with E-state index in [0.717, 1.165) is 19.3 Å². The number of carbonyl (C=O) groups is 1. The predicted molar refractivity (Wildman–Crippen MR) is 64.8 cm³/mol. The van der Waals surface area contributed by atoms with Crippen LogP contribution < -0.4 is 0 Å². The fourth-order valence-corrected chi connectivity index (χ4v) is 2.32. The molecular formula is C14H24O. The predicted octanol–water partition coefficient (Wildman–Crippen LogP) is 4.13. The Balaban J connectivity index is 2.78. The Bertz CT molecular complexity index is 270. The normalized spacial score (nSPS) is 19.3. The van der Waals surface area contributed by atoms with Crippen LogP contribution in [0.5, 0.6) is 0 Å². The van der Waals surface area contributed by atoms with Crippen LogP contribution >= 0.6 is 0 Å². The number of carbonyl (C=O) groups excluding carboxylic acids is 1. The molecule has 86 valence electrons. The number of rotatable bonds is 3. The van der Waals surface area contributed by atoms with E-state index in [4.69, 9.17) is 0 Å². The average molecular weight is 208 g/mol. The molecule has 1 rings (SSSR count). The molecule has 0 radical (unpaired) electrons. The topological polar surface area (TPSA) is 17.1 Å². The highest BCUT2D eigenvalue weighted by molar-refractivity contribution is 5.90. The molecule has 1 heteroatoms. The third-order valence-corrected chi connectivity index (χ3v) is 3.37. The number of hydrogen-bond acceptors (Lipinski definition) is 1. The van der Waals surface area contributed by atoms with Crippen molar-refractivity contribution in [3.63, 3.8) is 0 Å². The van der Waals surface area contributed by atoms with Crippen LogP contribution in [0.25, 0.3) is 0 Å². The molecule has 0 atom stereocenters. The number of hydrogen-bond donors (Lipinski definition) is 0. The summed E-state index contributed by atoms with van der Waals surface area (Å²) in [5, 5.41) is 0. The van der Waals surface area contributed by atoms with Crippen LogP contribution in [0.15, 0.2) is 11.6 Å². The smallest absolute Gasteiger partial charge is 0.144 e. The molecular weight excluding hydrogens is 184 g/mol. The molecule has 1 saturated carbocycles. The van der Waals surface area contributed by atoms with Crippen molar-refractivity contribution in [2.24, 2.45) is 10.8 Å². The number of allylic oxidation sites excluding steroid dienone is 2. The summed E-state index contributed by atoms with van der Waals surface area (Å²) in [7, 11) is 0. The summed E-state index contributed by atoms with van der Waals surface area (Å²) in [6.45, 7) is 10.3. The molecule has 0 aromatic rings. The van der Waals surface area contributed by atoms with Crippen LogP contribution in [0.1, 0.15) is 60.3 Å². The van der Waals surface area contributed by atoms with E-state index in [2.05, 4.69) is 19.9 Å². The van der Waals surface area contributed by atoms with Crippen molar-refractivity contribution in [1.29, 1.82) is 0 Å². The molecule has 1 fully saturated rings. The quantitative estimate of drug-likeness (QED) is 0.637. The van der Waals surface area contributed by atoms with Crippen LogP contribution in [0.2, 0.25) is 0 Å². The van der Waals surface area contributed by atoms with Crippen LogP contribution in [-0.2, 0) is 4.79 Å². The molecule has 0 N–H and O–H groups in total. The Hall–Kier alpha value is -0.590. The van der Waals surface area contributed by atoms with Gasteiger partial charge >= 0.3 is 0 Å². The van der Waals surface area contributed by atoms with Crippen molar-refractivity contribution >= 4 is 5.78 Å². The molecule has 0 bridgehead atoms. The van der Waals surface area contributed by atoms with Crippen molar-refractivity contribution < 1.29 is 4.79 Å². The maximum Gasteiger partial charge on any atom is 0.144 e. The molecule has 0 aromatic heterocycles. The first-order valence-electron chi connectivity index (χ1n) is 5.96. The zero-order valence-corrected chi connectivity index (χ0v) is 10.8. The van der Waals surface area contributed by atoms with Gasteiger partial charge in [0.2, 0.25) is 0 Å². The first-order valence-corrected chi connectivity index (χ1v) is 5.96. The highest BCUT2D eigenvalue weighted by Gasteiger charge is 2.46. The molecule has 1 aliphatic carbocycles. The Kier molecular flexibility index (Phi) is 3.42. The fourth-order valence-electron chi connectivity index (χ4n) is 2.32. The Morgan fingerprint density at radius 3 is 2.07 bits per heavy atom. The van der Waals surface area contributed by atoms with E-state index in [1.54, 1.807) is 0 Å². The Labute approximate surface area is 93.9 Å². The standard InChI is InChI=1S/C14H24O/c1-11(2)7-10-14(8-6-9-14)12(15)13(3,4)5/h7H,6,8-10H2,1-5H3. The largest absolute Gasteiger partial charge is 0.298 e. The van der Waals surface area contributed by atoms with E-state index in [-0.39, 0.29) is 10.8 Å². The average Bonchev–Trinajstić information content (AvgIpc) is 1.99. The summed E-state index contributed by atoms with van der Waals surface area (Å²) >= 11 is 0. The van der Waals surface area contributed by atoms with E-state index >= 15 is 0 Å². The van der Waals surface area contributed by atoms with Gasteiger partial charge < -0.3 is 0 Å². The van der Waals surface area contributed by atoms with Crippen molar-refractivity contribution in [3.8, 4) is 0 Å². The third-order valence-electron chi connectivity index (χ3n) is 3.37. The van der Waals surface area contributed by atoms with Gasteiger partial charge in [0, 0.05) is 10.8 Å². The van der Waals surface area contributed by atoms with Crippen LogP contribution in [0.4, 0.5) is 0 Å². The van der Waals surface area contributed by atoms with Gasteiger partial charge in [0.1, 0.15) is 5.78 Å². The summed E-state index contributed by atoms with van der Waals surface area (Å²) in [6, 6.07) is 0. The van der Waals surface area contributed by atoms with E-state index in [1.807, 2.05) is 20.8 Å². The van der Waals surface area contributed by atoms with Gasteiger partial charge in [-0.3, -0.25) is 4.79 Å². The Morgan fingerprint density at radius 1 is 1.27 bits per heavy atom. The lowest BCUT2D eigenvalue weighted by Crippen LogP contribution is -2.44. The summed E-state index contributed by atoms with van der Waals surface area (Å²) in [6.07, 6.45) is 6.58. The molecule has 0 aliphatic heterocycles. The van der Waals surface area contributed by atoms with Gasteiger partial charge in [-0.1, -0.05) is 38.8 Å². The highest BCUT2D eigenvalue weighted by atomic mass is 16.1. The van der Waals surface area contributed by atoms with E-state index in [1.165, 1.54) is 12.0 Å². The van der Waals surface area contributed by atoms with Gasteiger partial charge in [0.25, 0.3) is 0 Å². The monoisotopic (exact) mass is 208 g/mol. The lowest BCUT2D eigenvalue weighted by atomic mass is 9.59. The second-order valence-electron chi connectivity index (χ2n) is 6.20. The van der Waals surface area contributed by atoms with Crippen LogP contribution in [-0.4, -0.2) is 5.78 Å². The lowest BCUT2D eigenvalue weighted by Gasteiger charge is -2.43. The zero-order valence-electron chi connectivity index (χ0n) is 10.8. The zero-order chi connectivity index (χ0) is 11.7. The first kappa shape index (κ1) is 12.5. The summed E-state index contributed by atoms with van der Waals surface area (Å²) in [4.78, 5) is 12.4. The van der Waals surface area contributed by atoms with Crippen molar-refractivity contribution in [1.82, 2.24) is 0 Å². The summed E-state index contributed by atoms with van der Waals surface area (Å²) < 4.78 is 0. The van der Waals surface area contributed by atoms with Crippen LogP contribution in [0, 0.1) is 10.8 Å². The highest BCUT2D eigenvalue weighted by Crippen LogP contribution is 2.49. The summed E-state index contributed by atoms with van der Waals surface area (Å²) in [5.41, 5.74) is 1.12. The van der Waals surface area contributed by atoms with Gasteiger partial charge in [-0.05, 0) is 33.1 Å². The lowest BCUT2D eigenvalue weighted by molar-refractivity contribution is -0.141. The van der Waals surface area contributed by atoms with E-state index in [0.29, 0.717) is 5.78 Å². The van der Waals surface area contributed by atoms with Crippen molar-refractivity contribution in [2.45, 2.75) is 60.3 Å². The molecule has 1 aliphatic rings. The fraction of sp³-hybridized carbons (Fsp3) is 0.786. The second kappa shape index (κ2) is 4.11.